The Labute approximate surface area is 56.2 Å². The van der Waals surface area contributed by atoms with Gasteiger partial charge in [-0.3, -0.25) is 9.33 Å². The monoisotopic (exact) mass is 167 g/mol. The van der Waals surface area contributed by atoms with E-state index >= 15 is 0 Å². The van der Waals surface area contributed by atoms with Crippen molar-refractivity contribution in [1.29, 1.82) is 5.26 Å². The summed E-state index contributed by atoms with van der Waals surface area (Å²) >= 11 is 0. The molecule has 0 aliphatic rings. The number of rotatable bonds is 3. The summed E-state index contributed by atoms with van der Waals surface area (Å²) in [7, 11) is -7.05. The average molecular weight is 167 g/mol. The molecule has 3 N–H and O–H groups in total. The molecule has 0 amide bonds. The zero-order chi connectivity index (χ0) is 8.20. The van der Waals surface area contributed by atoms with Crippen LogP contribution in [0, 0.1) is 11.5 Å². The normalized spacial score (nSPS) is 15.0. The molecule has 10 heavy (non-hydrogen) atoms. The molecule has 1 unspecified atom stereocenters. The zero-order valence-electron chi connectivity index (χ0n) is 4.54. The van der Waals surface area contributed by atoms with Crippen molar-refractivity contribution in [2.24, 2.45) is 0 Å². The van der Waals surface area contributed by atoms with Gasteiger partial charge >= 0.3 is 15.1 Å². The van der Waals surface area contributed by atoms with E-state index in [1.165, 1.54) is 0 Å². The van der Waals surface area contributed by atoms with E-state index in [1.54, 1.807) is 0 Å². The molecule has 0 bridgehead atoms. The lowest BCUT2D eigenvalue weighted by Gasteiger charge is -2.04. The first-order valence-electron chi connectivity index (χ1n) is 1.93. The Bertz CT molecular complexity index is 185. The maximum atomic E-state index is 10.2. The van der Waals surface area contributed by atoms with Crippen LogP contribution in [0.2, 0.25) is 0 Å². The van der Waals surface area contributed by atoms with Crippen molar-refractivity contribution < 1.29 is 28.5 Å². The van der Waals surface area contributed by atoms with Crippen LogP contribution in [0.5, 0.6) is 0 Å². The quantitative estimate of drug-likeness (QED) is 0.267. The molecule has 0 fully saturated rings. The first kappa shape index (κ1) is 9.42. The predicted octanol–water partition coefficient (Wildman–Crippen LogP) is -1.43. The number of hydrogen-bond donors (Lipinski definition) is 3. The summed E-state index contributed by atoms with van der Waals surface area (Å²) in [4.78, 5) is 8.25. The molecule has 0 heterocycles. The standard InChI is InChI=1S/CH3BNO6P/c3-1-8-10(6,7)9-2(4)5/h4-5H,(H,6,7). The number of phosphoric ester groups is 1. The third-order valence-corrected chi connectivity index (χ3v) is 1.15. The highest BCUT2D eigenvalue weighted by Crippen LogP contribution is 2.42. The Balaban J connectivity index is 3.91. The molecule has 0 spiro atoms. The van der Waals surface area contributed by atoms with Gasteiger partial charge in [-0.15, -0.1) is 5.26 Å². The van der Waals surface area contributed by atoms with E-state index in [9.17, 15) is 4.57 Å². The molecule has 0 aromatic heterocycles. The van der Waals surface area contributed by atoms with Crippen LogP contribution in [0.4, 0.5) is 0 Å². The van der Waals surface area contributed by atoms with Gasteiger partial charge in [-0.2, -0.15) is 0 Å². The molecule has 7 nitrogen and oxygen atoms in total. The van der Waals surface area contributed by atoms with Gasteiger partial charge < -0.3 is 14.6 Å². The SMILES string of the molecule is N#COP(=O)(O)OB(O)O. The number of hydrogen-bond acceptors (Lipinski definition) is 6. The Morgan fingerprint density at radius 1 is 1.60 bits per heavy atom. The van der Waals surface area contributed by atoms with Gasteiger partial charge in [0.15, 0.2) is 0 Å². The van der Waals surface area contributed by atoms with Crippen LogP contribution in [-0.4, -0.2) is 22.3 Å². The second kappa shape index (κ2) is 3.56. The van der Waals surface area contributed by atoms with Gasteiger partial charge in [0.2, 0.25) is 0 Å². The van der Waals surface area contributed by atoms with Gasteiger partial charge in [-0.1, -0.05) is 0 Å². The van der Waals surface area contributed by atoms with Crippen LogP contribution < -0.4 is 0 Å². The van der Waals surface area contributed by atoms with Gasteiger partial charge in [-0.05, 0) is 0 Å². The van der Waals surface area contributed by atoms with E-state index in [4.69, 9.17) is 20.2 Å². The molecule has 56 valence electrons. The van der Waals surface area contributed by atoms with Crippen molar-refractivity contribution in [3.8, 4) is 6.26 Å². The van der Waals surface area contributed by atoms with Crippen LogP contribution in [-0.2, 0) is 13.5 Å². The van der Waals surface area contributed by atoms with E-state index in [0.717, 1.165) is 6.26 Å². The lowest BCUT2D eigenvalue weighted by molar-refractivity contribution is 0.215. The van der Waals surface area contributed by atoms with E-state index < -0.39 is 15.1 Å². The molecule has 9 heteroatoms. The topological polar surface area (TPSA) is 120 Å². The lowest BCUT2D eigenvalue weighted by Crippen LogP contribution is -2.15. The first-order chi connectivity index (χ1) is 4.48. The second-order valence-electron chi connectivity index (χ2n) is 1.08. The molecular formula is CH3BNO6P. The highest BCUT2D eigenvalue weighted by atomic mass is 31.2. The fourth-order valence-electron chi connectivity index (χ4n) is 0.192. The molecule has 0 saturated heterocycles. The summed E-state index contributed by atoms with van der Waals surface area (Å²) in [6.45, 7) is 0. The molecular weight excluding hydrogens is 164 g/mol. The van der Waals surface area contributed by atoms with Crippen molar-refractivity contribution in [1.82, 2.24) is 0 Å². The van der Waals surface area contributed by atoms with Crippen LogP contribution in [0.3, 0.4) is 0 Å². The number of phosphoric acid groups is 1. The van der Waals surface area contributed by atoms with E-state index in [0.29, 0.717) is 0 Å². The molecule has 0 aromatic carbocycles. The van der Waals surface area contributed by atoms with Crippen LogP contribution >= 0.6 is 7.82 Å². The third-order valence-electron chi connectivity index (χ3n) is 0.384. The molecule has 1 atom stereocenters. The summed E-state index contributed by atoms with van der Waals surface area (Å²) in [6, 6.07) is 0. The molecule has 0 radical (unpaired) electrons. The van der Waals surface area contributed by atoms with Gasteiger partial charge in [-0.25, -0.2) is 4.57 Å². The summed E-state index contributed by atoms with van der Waals surface area (Å²) < 4.78 is 17.1. The minimum absolute atomic E-state index is 0.853. The smallest absolute Gasteiger partial charge is 0.401 e. The van der Waals surface area contributed by atoms with E-state index in [2.05, 4.69) is 8.96 Å². The average Bonchev–Trinajstić information content (AvgIpc) is 1.59. The number of nitrogens with zero attached hydrogens (tertiary/aromatic N) is 1. The highest BCUT2D eigenvalue weighted by Gasteiger charge is 2.29. The fraction of sp³-hybridized carbons (Fsp3) is 0. The van der Waals surface area contributed by atoms with Gasteiger partial charge in [0.05, 0.1) is 0 Å². The fourth-order valence-corrected chi connectivity index (χ4v) is 0.577. The third kappa shape index (κ3) is 4.32. The van der Waals surface area contributed by atoms with Crippen molar-refractivity contribution >= 4 is 15.1 Å². The second-order valence-corrected chi connectivity index (χ2v) is 2.41. The largest absolute Gasteiger partial charge is 0.643 e. The highest BCUT2D eigenvalue weighted by molar-refractivity contribution is 7.48. The van der Waals surface area contributed by atoms with Crippen LogP contribution in [0.25, 0.3) is 0 Å². The molecule has 0 saturated carbocycles. The van der Waals surface area contributed by atoms with Crippen LogP contribution in [0.1, 0.15) is 0 Å². The Kier molecular flexibility index (Phi) is 3.35. The summed E-state index contributed by atoms with van der Waals surface area (Å²) in [5.74, 6) is 0. The van der Waals surface area contributed by atoms with E-state index in [-0.39, 0.29) is 0 Å². The maximum Gasteiger partial charge on any atom is 0.643 e. The summed E-state index contributed by atoms with van der Waals surface area (Å²) in [5.41, 5.74) is 0. The molecule has 0 rings (SSSR count). The summed E-state index contributed by atoms with van der Waals surface area (Å²) in [5, 5.41) is 23.5. The Hall–Kier alpha value is -0.575. The van der Waals surface area contributed by atoms with Crippen molar-refractivity contribution in [3.63, 3.8) is 0 Å². The maximum absolute atomic E-state index is 10.2. The molecule has 0 aliphatic heterocycles. The van der Waals surface area contributed by atoms with Gasteiger partial charge in [0.25, 0.3) is 6.26 Å². The Morgan fingerprint density at radius 2 is 2.10 bits per heavy atom. The van der Waals surface area contributed by atoms with Crippen molar-refractivity contribution in [2.45, 2.75) is 0 Å². The minimum Gasteiger partial charge on any atom is -0.401 e. The van der Waals surface area contributed by atoms with E-state index in [1.807, 2.05) is 0 Å². The lowest BCUT2D eigenvalue weighted by atomic mass is 10.3. The first-order valence-corrected chi connectivity index (χ1v) is 3.42. The van der Waals surface area contributed by atoms with Gasteiger partial charge in [0, 0.05) is 0 Å². The number of nitriles is 1. The molecule has 0 aliphatic carbocycles. The van der Waals surface area contributed by atoms with Gasteiger partial charge in [0.1, 0.15) is 0 Å². The Morgan fingerprint density at radius 3 is 2.40 bits per heavy atom. The predicted molar refractivity (Wildman–Crippen MR) is 27.8 cm³/mol. The van der Waals surface area contributed by atoms with Crippen molar-refractivity contribution in [3.05, 3.63) is 0 Å². The van der Waals surface area contributed by atoms with Crippen molar-refractivity contribution in [2.75, 3.05) is 0 Å². The molecule has 0 aromatic rings. The zero-order valence-corrected chi connectivity index (χ0v) is 5.43. The summed E-state index contributed by atoms with van der Waals surface area (Å²) in [6.07, 6.45) is 0.853. The van der Waals surface area contributed by atoms with Crippen LogP contribution in [0.15, 0.2) is 0 Å². The minimum atomic E-state index is -4.61.